The Bertz CT molecular complexity index is 638. The van der Waals surface area contributed by atoms with E-state index in [0.29, 0.717) is 13.1 Å². The highest BCUT2D eigenvalue weighted by atomic mass is 35.5. The van der Waals surface area contributed by atoms with E-state index in [1.165, 1.54) is 6.07 Å². The third-order valence-corrected chi connectivity index (χ3v) is 3.39. The highest BCUT2D eigenvalue weighted by Gasteiger charge is 2.04. The Morgan fingerprint density at radius 3 is 2.45 bits per heavy atom. The molecule has 0 aliphatic rings. The lowest BCUT2D eigenvalue weighted by atomic mass is 10.2. The predicted molar refractivity (Wildman–Crippen MR) is 87.9 cm³/mol. The zero-order chi connectivity index (χ0) is 15.9. The van der Waals surface area contributed by atoms with Crippen LogP contribution in [0.25, 0.3) is 0 Å². The Morgan fingerprint density at radius 1 is 1.00 bits per heavy atom. The van der Waals surface area contributed by atoms with E-state index < -0.39 is 5.82 Å². The Morgan fingerprint density at radius 2 is 1.77 bits per heavy atom. The van der Waals surface area contributed by atoms with E-state index in [-0.39, 0.29) is 5.02 Å². The molecule has 0 aromatic heterocycles. The van der Waals surface area contributed by atoms with Crippen molar-refractivity contribution in [3.05, 3.63) is 47.2 Å². The molecule has 22 heavy (non-hydrogen) atoms. The van der Waals surface area contributed by atoms with Gasteiger partial charge in [0, 0.05) is 24.8 Å². The topological polar surface area (TPSA) is 42.5 Å². The number of ether oxygens (including phenoxy) is 2. The van der Waals surface area contributed by atoms with Gasteiger partial charge in [-0.25, -0.2) is 4.39 Å². The van der Waals surface area contributed by atoms with Crippen LogP contribution in [0.15, 0.2) is 36.4 Å². The zero-order valence-corrected chi connectivity index (χ0v) is 13.2. The van der Waals surface area contributed by atoms with Crippen LogP contribution in [-0.2, 0) is 0 Å². The molecule has 0 atom stereocenters. The van der Waals surface area contributed by atoms with Crippen molar-refractivity contribution in [2.75, 3.05) is 37.9 Å². The average molecular weight is 325 g/mol. The summed E-state index contributed by atoms with van der Waals surface area (Å²) in [6.45, 7) is 1.29. The molecule has 118 valence electrons. The maximum Gasteiger partial charge on any atom is 0.142 e. The van der Waals surface area contributed by atoms with Crippen LogP contribution in [0.4, 0.5) is 15.8 Å². The van der Waals surface area contributed by atoms with E-state index in [1.807, 2.05) is 18.2 Å². The smallest absolute Gasteiger partial charge is 0.142 e. The molecule has 0 spiro atoms. The first kappa shape index (κ1) is 16.2. The number of nitrogens with one attached hydrogen (secondary N) is 2. The van der Waals surface area contributed by atoms with Crippen LogP contribution in [-0.4, -0.2) is 27.3 Å². The van der Waals surface area contributed by atoms with Gasteiger partial charge in [-0.3, -0.25) is 0 Å². The van der Waals surface area contributed by atoms with Crippen LogP contribution in [0.5, 0.6) is 11.5 Å². The lowest BCUT2D eigenvalue weighted by Gasteiger charge is -2.13. The second-order valence-electron chi connectivity index (χ2n) is 4.55. The minimum Gasteiger partial charge on any atom is -0.497 e. The van der Waals surface area contributed by atoms with Crippen LogP contribution in [0, 0.1) is 5.82 Å². The molecule has 0 saturated heterocycles. The van der Waals surface area contributed by atoms with E-state index in [1.54, 1.807) is 26.4 Å². The van der Waals surface area contributed by atoms with Gasteiger partial charge in [0.25, 0.3) is 0 Å². The van der Waals surface area contributed by atoms with Crippen molar-refractivity contribution in [2.24, 2.45) is 0 Å². The molecule has 0 bridgehead atoms. The zero-order valence-electron chi connectivity index (χ0n) is 12.5. The summed E-state index contributed by atoms with van der Waals surface area (Å²) >= 11 is 5.73. The molecule has 0 unspecified atom stereocenters. The van der Waals surface area contributed by atoms with Gasteiger partial charge in [0.1, 0.15) is 17.3 Å². The van der Waals surface area contributed by atoms with Crippen molar-refractivity contribution < 1.29 is 13.9 Å². The van der Waals surface area contributed by atoms with Gasteiger partial charge in [-0.2, -0.15) is 0 Å². The molecule has 6 heteroatoms. The molecule has 0 amide bonds. The van der Waals surface area contributed by atoms with Gasteiger partial charge >= 0.3 is 0 Å². The van der Waals surface area contributed by atoms with Crippen molar-refractivity contribution in [3.8, 4) is 11.5 Å². The molecule has 0 heterocycles. The Hall–Kier alpha value is -2.14. The summed E-state index contributed by atoms with van der Waals surface area (Å²) in [5, 5.41) is 6.53. The normalized spacial score (nSPS) is 10.2. The van der Waals surface area contributed by atoms with E-state index in [4.69, 9.17) is 21.1 Å². The summed E-state index contributed by atoms with van der Waals surface area (Å²) in [7, 11) is 3.23. The molecule has 0 saturated carbocycles. The van der Waals surface area contributed by atoms with Crippen LogP contribution in [0.2, 0.25) is 5.02 Å². The minimum absolute atomic E-state index is 0.104. The fourth-order valence-electron chi connectivity index (χ4n) is 1.96. The first-order valence-electron chi connectivity index (χ1n) is 6.79. The third-order valence-electron chi connectivity index (χ3n) is 3.10. The van der Waals surface area contributed by atoms with Gasteiger partial charge in [0.05, 0.1) is 24.9 Å². The van der Waals surface area contributed by atoms with Gasteiger partial charge in [0.2, 0.25) is 0 Å². The van der Waals surface area contributed by atoms with E-state index in [9.17, 15) is 4.39 Å². The molecule has 2 aromatic carbocycles. The predicted octanol–water partition coefficient (Wildman–Crippen LogP) is 4.02. The lowest BCUT2D eigenvalue weighted by Crippen LogP contribution is -2.14. The number of anilines is 2. The standard InChI is InChI=1S/C16H18ClFN2O2/c1-21-12-4-6-16(22-2)15(10-12)20-8-7-19-11-3-5-14(18)13(17)9-11/h3-6,9-10,19-20H,7-8H2,1-2H3. The summed E-state index contributed by atoms with van der Waals surface area (Å²) in [4.78, 5) is 0. The molecule has 0 radical (unpaired) electrons. The van der Waals surface area contributed by atoms with Crippen molar-refractivity contribution in [2.45, 2.75) is 0 Å². The molecule has 0 aliphatic carbocycles. The Kier molecular flexibility index (Phi) is 5.72. The molecule has 0 aliphatic heterocycles. The summed E-state index contributed by atoms with van der Waals surface area (Å²) in [5.41, 5.74) is 1.62. The third kappa shape index (κ3) is 4.18. The van der Waals surface area contributed by atoms with Crippen LogP contribution in [0.3, 0.4) is 0 Å². The maximum absolute atomic E-state index is 13.1. The monoisotopic (exact) mass is 324 g/mol. The molecule has 2 rings (SSSR count). The second kappa shape index (κ2) is 7.75. The number of hydrogen-bond donors (Lipinski definition) is 2. The van der Waals surface area contributed by atoms with Crippen LogP contribution >= 0.6 is 11.6 Å². The van der Waals surface area contributed by atoms with Gasteiger partial charge < -0.3 is 20.1 Å². The maximum atomic E-state index is 13.1. The van der Waals surface area contributed by atoms with Gasteiger partial charge in [-0.1, -0.05) is 11.6 Å². The molecule has 4 nitrogen and oxygen atoms in total. The first-order chi connectivity index (χ1) is 10.6. The molecule has 2 aromatic rings. The number of hydrogen-bond acceptors (Lipinski definition) is 4. The quantitative estimate of drug-likeness (QED) is 0.755. The van der Waals surface area contributed by atoms with Crippen molar-refractivity contribution in [1.82, 2.24) is 0 Å². The second-order valence-corrected chi connectivity index (χ2v) is 4.96. The molecular formula is C16H18ClFN2O2. The van der Waals surface area contributed by atoms with Crippen molar-refractivity contribution in [1.29, 1.82) is 0 Å². The summed E-state index contributed by atoms with van der Waals surface area (Å²) < 4.78 is 23.5. The number of methoxy groups -OCH3 is 2. The van der Waals surface area contributed by atoms with E-state index in [0.717, 1.165) is 22.9 Å². The summed E-state index contributed by atoms with van der Waals surface area (Å²) in [6, 6.07) is 10.1. The van der Waals surface area contributed by atoms with E-state index >= 15 is 0 Å². The summed E-state index contributed by atoms with van der Waals surface area (Å²) in [6.07, 6.45) is 0. The molecule has 2 N–H and O–H groups in total. The summed E-state index contributed by atoms with van der Waals surface area (Å²) in [5.74, 6) is 1.07. The van der Waals surface area contributed by atoms with Gasteiger partial charge in [-0.05, 0) is 30.3 Å². The number of rotatable bonds is 7. The Balaban J connectivity index is 1.89. The number of halogens is 2. The van der Waals surface area contributed by atoms with E-state index in [2.05, 4.69) is 10.6 Å². The van der Waals surface area contributed by atoms with Gasteiger partial charge in [-0.15, -0.1) is 0 Å². The lowest BCUT2D eigenvalue weighted by molar-refractivity contribution is 0.404. The first-order valence-corrected chi connectivity index (χ1v) is 7.16. The Labute approximate surface area is 134 Å². The highest BCUT2D eigenvalue weighted by Crippen LogP contribution is 2.28. The average Bonchev–Trinajstić information content (AvgIpc) is 2.54. The van der Waals surface area contributed by atoms with Crippen LogP contribution in [0.1, 0.15) is 0 Å². The molecule has 0 fully saturated rings. The SMILES string of the molecule is COc1ccc(OC)c(NCCNc2ccc(F)c(Cl)c2)c1. The van der Waals surface area contributed by atoms with Crippen molar-refractivity contribution in [3.63, 3.8) is 0 Å². The highest BCUT2D eigenvalue weighted by molar-refractivity contribution is 6.31. The minimum atomic E-state index is -0.425. The van der Waals surface area contributed by atoms with Crippen LogP contribution < -0.4 is 20.1 Å². The largest absolute Gasteiger partial charge is 0.497 e. The fourth-order valence-corrected chi connectivity index (χ4v) is 2.14. The number of benzene rings is 2. The molecular weight excluding hydrogens is 307 g/mol. The fraction of sp³-hybridized carbons (Fsp3) is 0.250. The van der Waals surface area contributed by atoms with Crippen molar-refractivity contribution >= 4 is 23.0 Å². The van der Waals surface area contributed by atoms with Gasteiger partial charge in [0.15, 0.2) is 0 Å².